The zero-order valence-electron chi connectivity index (χ0n) is 8.80. The van der Waals surface area contributed by atoms with E-state index in [9.17, 15) is 9.90 Å². The third-order valence-electron chi connectivity index (χ3n) is 1.91. The van der Waals surface area contributed by atoms with Crippen LogP contribution in [0.15, 0.2) is 6.20 Å². The second-order valence-corrected chi connectivity index (χ2v) is 3.08. The summed E-state index contributed by atoms with van der Waals surface area (Å²) < 4.78 is 6.25. The maximum atomic E-state index is 11.4. The Morgan fingerprint density at radius 1 is 1.80 bits per heavy atom. The van der Waals surface area contributed by atoms with Gasteiger partial charge in [0.2, 0.25) is 0 Å². The Balaban J connectivity index is 3.00. The van der Waals surface area contributed by atoms with Crippen LogP contribution in [0.1, 0.15) is 29.1 Å². The number of aliphatic hydroxyl groups excluding tert-OH is 1. The summed E-state index contributed by atoms with van der Waals surface area (Å²) in [6.45, 7) is 2.02. The van der Waals surface area contributed by atoms with E-state index in [1.807, 2.05) is 0 Å². The average molecular weight is 213 g/mol. The number of ether oxygens (including phenoxy) is 1. The smallest absolute Gasteiger partial charge is 0.359 e. The first-order valence-corrected chi connectivity index (χ1v) is 4.69. The Labute approximate surface area is 87.6 Å². The number of rotatable bonds is 4. The van der Waals surface area contributed by atoms with Gasteiger partial charge in [-0.05, 0) is 6.92 Å². The molecule has 1 aromatic rings. The molecule has 0 aliphatic rings. The predicted molar refractivity (Wildman–Crippen MR) is 53.2 cm³/mol. The summed E-state index contributed by atoms with van der Waals surface area (Å²) >= 11 is 0. The van der Waals surface area contributed by atoms with Crippen LogP contribution < -0.4 is 5.73 Å². The van der Waals surface area contributed by atoms with Gasteiger partial charge in [0.1, 0.15) is 0 Å². The fourth-order valence-corrected chi connectivity index (χ4v) is 1.24. The fraction of sp³-hybridized carbons (Fsp3) is 0.556. The quantitative estimate of drug-likeness (QED) is 0.663. The normalized spacial score (nSPS) is 12.5. The molecule has 84 valence electrons. The van der Waals surface area contributed by atoms with Crippen molar-refractivity contribution in [1.29, 1.82) is 0 Å². The maximum absolute atomic E-state index is 11.4. The molecule has 0 saturated carbocycles. The fourth-order valence-electron chi connectivity index (χ4n) is 1.24. The molecule has 0 aliphatic heterocycles. The molecule has 0 aromatic carbocycles. The molecule has 0 aliphatic carbocycles. The van der Waals surface area contributed by atoms with E-state index in [4.69, 9.17) is 10.5 Å². The highest BCUT2D eigenvalue weighted by molar-refractivity contribution is 5.88. The molecule has 1 heterocycles. The lowest BCUT2D eigenvalue weighted by atomic mass is 10.1. The first kappa shape index (κ1) is 11.7. The summed E-state index contributed by atoms with van der Waals surface area (Å²) in [5, 5.41) is 13.5. The zero-order chi connectivity index (χ0) is 11.4. The van der Waals surface area contributed by atoms with Crippen LogP contribution in [-0.2, 0) is 11.8 Å². The zero-order valence-corrected chi connectivity index (χ0v) is 8.80. The average Bonchev–Trinajstić information content (AvgIpc) is 2.59. The molecule has 15 heavy (non-hydrogen) atoms. The lowest BCUT2D eigenvalue weighted by Crippen LogP contribution is -2.15. The minimum atomic E-state index is -0.891. The summed E-state index contributed by atoms with van der Waals surface area (Å²) in [6, 6.07) is 0. The standard InChI is InChI=1S/C9H15N3O3/c1-3-15-9(14)8-6(7(13)4-10)5-12(2)11-8/h5,7,13H,3-4,10H2,1-2H3. The molecule has 0 amide bonds. The van der Waals surface area contributed by atoms with Crippen LogP contribution in [0.4, 0.5) is 0 Å². The predicted octanol–water partition coefficient (Wildman–Crippen LogP) is -0.411. The number of nitrogens with two attached hydrogens (primary N) is 1. The van der Waals surface area contributed by atoms with Crippen molar-refractivity contribution in [2.75, 3.05) is 13.2 Å². The molecule has 0 fully saturated rings. The molecular weight excluding hydrogens is 198 g/mol. The van der Waals surface area contributed by atoms with Crippen molar-refractivity contribution >= 4 is 5.97 Å². The van der Waals surface area contributed by atoms with Crippen LogP contribution in [0, 0.1) is 0 Å². The van der Waals surface area contributed by atoms with Crippen molar-refractivity contribution in [3.8, 4) is 0 Å². The van der Waals surface area contributed by atoms with Gasteiger partial charge in [-0.3, -0.25) is 4.68 Å². The number of aliphatic hydroxyl groups is 1. The van der Waals surface area contributed by atoms with Crippen LogP contribution >= 0.6 is 0 Å². The summed E-state index contributed by atoms with van der Waals surface area (Å²) in [5.74, 6) is -0.541. The minimum absolute atomic E-state index is 0.0398. The summed E-state index contributed by atoms with van der Waals surface area (Å²) in [5.41, 5.74) is 5.84. The Bertz CT molecular complexity index is 348. The molecule has 6 nitrogen and oxygen atoms in total. The SMILES string of the molecule is CCOC(=O)c1nn(C)cc1C(O)CN. The number of nitrogens with zero attached hydrogens (tertiary/aromatic N) is 2. The highest BCUT2D eigenvalue weighted by Crippen LogP contribution is 2.16. The molecule has 6 heteroatoms. The van der Waals surface area contributed by atoms with Gasteiger partial charge in [-0.25, -0.2) is 4.79 Å². The summed E-state index contributed by atoms with van der Waals surface area (Å²) in [7, 11) is 1.66. The molecule has 0 saturated heterocycles. The number of esters is 1. The number of carbonyl (C=O) groups is 1. The summed E-state index contributed by atoms with van der Waals surface area (Å²) in [4.78, 5) is 11.4. The number of aryl methyl sites for hydroxylation is 1. The monoisotopic (exact) mass is 213 g/mol. The molecule has 1 atom stereocenters. The van der Waals surface area contributed by atoms with Gasteiger partial charge in [-0.1, -0.05) is 0 Å². The van der Waals surface area contributed by atoms with Crippen molar-refractivity contribution in [1.82, 2.24) is 9.78 Å². The van der Waals surface area contributed by atoms with E-state index in [1.165, 1.54) is 4.68 Å². The van der Waals surface area contributed by atoms with E-state index < -0.39 is 12.1 Å². The van der Waals surface area contributed by atoms with E-state index >= 15 is 0 Å². The van der Waals surface area contributed by atoms with Gasteiger partial charge in [0.05, 0.1) is 12.7 Å². The van der Waals surface area contributed by atoms with Gasteiger partial charge in [-0.15, -0.1) is 0 Å². The molecule has 0 radical (unpaired) electrons. The summed E-state index contributed by atoms with van der Waals surface area (Å²) in [6.07, 6.45) is 0.669. The minimum Gasteiger partial charge on any atom is -0.461 e. The van der Waals surface area contributed by atoms with Crippen LogP contribution in [-0.4, -0.2) is 34.0 Å². The lowest BCUT2D eigenvalue weighted by molar-refractivity contribution is 0.0512. The second-order valence-electron chi connectivity index (χ2n) is 3.08. The molecule has 0 spiro atoms. The Morgan fingerprint density at radius 3 is 3.00 bits per heavy atom. The van der Waals surface area contributed by atoms with Crippen molar-refractivity contribution in [2.24, 2.45) is 12.8 Å². The largest absolute Gasteiger partial charge is 0.461 e. The second kappa shape index (κ2) is 4.90. The topological polar surface area (TPSA) is 90.4 Å². The highest BCUT2D eigenvalue weighted by Gasteiger charge is 2.21. The Morgan fingerprint density at radius 2 is 2.47 bits per heavy atom. The van der Waals surface area contributed by atoms with Crippen LogP contribution in [0.2, 0.25) is 0 Å². The van der Waals surface area contributed by atoms with Gasteiger partial charge in [0, 0.05) is 25.4 Å². The molecule has 1 unspecified atom stereocenters. The molecular formula is C9H15N3O3. The van der Waals surface area contributed by atoms with E-state index in [0.717, 1.165) is 0 Å². The molecule has 1 aromatic heterocycles. The first-order valence-electron chi connectivity index (χ1n) is 4.69. The van der Waals surface area contributed by atoms with Crippen LogP contribution in [0.5, 0.6) is 0 Å². The van der Waals surface area contributed by atoms with Gasteiger partial charge < -0.3 is 15.6 Å². The number of hydrogen-bond acceptors (Lipinski definition) is 5. The molecule has 1 rings (SSSR count). The van der Waals surface area contributed by atoms with Crippen LogP contribution in [0.3, 0.4) is 0 Å². The number of aromatic nitrogens is 2. The Kier molecular flexibility index (Phi) is 3.81. The van der Waals surface area contributed by atoms with Crippen molar-refractivity contribution in [3.05, 3.63) is 17.5 Å². The van der Waals surface area contributed by atoms with E-state index in [2.05, 4.69) is 5.10 Å². The highest BCUT2D eigenvalue weighted by atomic mass is 16.5. The molecule has 0 bridgehead atoms. The first-order chi connectivity index (χ1) is 7.10. The third-order valence-corrected chi connectivity index (χ3v) is 1.91. The van der Waals surface area contributed by atoms with Crippen molar-refractivity contribution in [2.45, 2.75) is 13.0 Å². The number of carbonyl (C=O) groups excluding carboxylic acids is 1. The third kappa shape index (κ3) is 2.54. The van der Waals surface area contributed by atoms with E-state index in [1.54, 1.807) is 20.2 Å². The van der Waals surface area contributed by atoms with Crippen LogP contribution in [0.25, 0.3) is 0 Å². The number of hydrogen-bond donors (Lipinski definition) is 2. The van der Waals surface area contributed by atoms with Gasteiger partial charge >= 0.3 is 5.97 Å². The van der Waals surface area contributed by atoms with E-state index in [-0.39, 0.29) is 18.8 Å². The maximum Gasteiger partial charge on any atom is 0.359 e. The molecule has 3 N–H and O–H groups in total. The van der Waals surface area contributed by atoms with Gasteiger partial charge in [-0.2, -0.15) is 5.10 Å². The Hall–Kier alpha value is -1.40. The van der Waals surface area contributed by atoms with Gasteiger partial charge in [0.15, 0.2) is 5.69 Å². The van der Waals surface area contributed by atoms with Crippen molar-refractivity contribution in [3.63, 3.8) is 0 Å². The van der Waals surface area contributed by atoms with Crippen molar-refractivity contribution < 1.29 is 14.6 Å². The lowest BCUT2D eigenvalue weighted by Gasteiger charge is -2.06. The van der Waals surface area contributed by atoms with Gasteiger partial charge in [0.25, 0.3) is 0 Å². The van der Waals surface area contributed by atoms with E-state index in [0.29, 0.717) is 5.56 Å².